The highest BCUT2D eigenvalue weighted by molar-refractivity contribution is 6.27. The number of amides is 2. The van der Waals surface area contributed by atoms with Crippen molar-refractivity contribution in [3.05, 3.63) is 35.6 Å². The minimum atomic E-state index is -0.651. The lowest BCUT2D eigenvalue weighted by atomic mass is 9.65. The van der Waals surface area contributed by atoms with Crippen molar-refractivity contribution in [2.24, 2.45) is 47.3 Å². The Morgan fingerprint density at radius 3 is 2.64 bits per heavy atom. The maximum atomic E-state index is 12.8. The number of carbonyl (C=O) groups excluding carboxylic acids is 3. The number of nitrogens with one attached hydrogen (secondary N) is 2. The summed E-state index contributed by atoms with van der Waals surface area (Å²) in [5, 5.41) is 16.4. The fourth-order valence-electron chi connectivity index (χ4n) is 8.82. The maximum Gasteiger partial charge on any atom is 0.259 e. The van der Waals surface area contributed by atoms with E-state index in [1.165, 1.54) is 12.8 Å². The van der Waals surface area contributed by atoms with Gasteiger partial charge in [0.15, 0.2) is 5.78 Å². The first-order valence-corrected chi connectivity index (χ1v) is 13.9. The van der Waals surface area contributed by atoms with Gasteiger partial charge in [-0.1, -0.05) is 32.4 Å². The van der Waals surface area contributed by atoms with Crippen molar-refractivity contribution in [3.63, 3.8) is 0 Å². The number of hydrogen-bond acceptors (Lipinski definition) is 5. The molecular formula is C29H38N2O5. The molecule has 3 heterocycles. The molecule has 2 amide bonds. The molecule has 0 aromatic rings. The van der Waals surface area contributed by atoms with Crippen molar-refractivity contribution in [2.75, 3.05) is 6.54 Å². The number of hydrogen-bond donors (Lipinski definition) is 3. The van der Waals surface area contributed by atoms with Crippen LogP contribution in [0.5, 0.6) is 0 Å². The molecule has 0 spiro atoms. The second-order valence-corrected chi connectivity index (χ2v) is 12.0. The van der Waals surface area contributed by atoms with Crippen molar-refractivity contribution >= 4 is 17.6 Å². The van der Waals surface area contributed by atoms with Crippen LogP contribution in [0, 0.1) is 47.3 Å². The number of Topliss-reactive ketones (excluding diaryl/α,β-unsaturated/α-hetero) is 1. The lowest BCUT2D eigenvalue weighted by Crippen LogP contribution is -2.39. The van der Waals surface area contributed by atoms with Crippen LogP contribution < -0.4 is 10.6 Å². The van der Waals surface area contributed by atoms with E-state index in [0.717, 1.165) is 18.8 Å². The van der Waals surface area contributed by atoms with Crippen LogP contribution in [0.3, 0.4) is 0 Å². The van der Waals surface area contributed by atoms with Gasteiger partial charge in [0.25, 0.3) is 5.91 Å². The fraction of sp³-hybridized carbons (Fsp3) is 0.690. The first-order valence-electron chi connectivity index (χ1n) is 13.9. The summed E-state index contributed by atoms with van der Waals surface area (Å²) in [6.07, 6.45) is 13.1. The summed E-state index contributed by atoms with van der Waals surface area (Å²) in [5.41, 5.74) is -0.139. The van der Waals surface area contributed by atoms with E-state index in [9.17, 15) is 19.5 Å². The van der Waals surface area contributed by atoms with Gasteiger partial charge in [-0.15, -0.1) is 0 Å². The first kappa shape index (κ1) is 24.0. The quantitative estimate of drug-likeness (QED) is 0.383. The van der Waals surface area contributed by atoms with Crippen LogP contribution in [0.1, 0.15) is 52.4 Å². The van der Waals surface area contributed by atoms with Crippen molar-refractivity contribution in [3.8, 4) is 0 Å². The van der Waals surface area contributed by atoms with Gasteiger partial charge in [0, 0.05) is 6.54 Å². The zero-order chi connectivity index (χ0) is 25.1. The molecule has 3 aliphatic carbocycles. The predicted octanol–water partition coefficient (Wildman–Crippen LogP) is 3.23. The molecule has 3 saturated carbocycles. The molecule has 5 fully saturated rings. The van der Waals surface area contributed by atoms with Crippen LogP contribution >= 0.6 is 0 Å². The molecule has 0 aromatic carbocycles. The largest absolute Gasteiger partial charge is 0.507 e. The molecule has 36 heavy (non-hydrogen) atoms. The van der Waals surface area contributed by atoms with Crippen molar-refractivity contribution in [2.45, 2.75) is 70.6 Å². The van der Waals surface area contributed by atoms with Gasteiger partial charge in [-0.2, -0.15) is 0 Å². The van der Waals surface area contributed by atoms with Gasteiger partial charge in [-0.3, -0.25) is 14.4 Å². The van der Waals surface area contributed by atoms with Gasteiger partial charge in [0.1, 0.15) is 11.3 Å². The molecule has 3 aliphatic heterocycles. The molecule has 3 N–H and O–H groups in total. The van der Waals surface area contributed by atoms with Gasteiger partial charge in [0.05, 0.1) is 18.2 Å². The number of ketones is 1. The Morgan fingerprint density at radius 1 is 1.06 bits per heavy atom. The van der Waals surface area contributed by atoms with Gasteiger partial charge in [-0.25, -0.2) is 0 Å². The number of epoxide rings is 1. The third-order valence-electron chi connectivity index (χ3n) is 10.3. The minimum absolute atomic E-state index is 0.122. The van der Waals surface area contributed by atoms with E-state index in [2.05, 4.69) is 24.5 Å². The average molecular weight is 495 g/mol. The normalized spacial score (nSPS) is 47.8. The average Bonchev–Trinajstić information content (AvgIpc) is 3.32. The molecule has 194 valence electrons. The van der Waals surface area contributed by atoms with Gasteiger partial charge in [-0.05, 0) is 91.6 Å². The predicted molar refractivity (Wildman–Crippen MR) is 134 cm³/mol. The number of aliphatic hydroxyl groups is 1. The molecular weight excluding hydrogens is 456 g/mol. The standard InChI is InChI=1S/C29H38N2O5/c1-3-16-14(2)12-18-19-13-15-9-10-21(32)25-26(34)20(31-29(25)35)7-5-11-30-22(33)8-4-6-17(15)24(19)28-27(36-28)23(16)18/h4,8-10,14-20,23-24,27-28,32H,3,5-7,11-13H2,1-2H3,(H,30,33)(H,31,35)/b8-4+,10-9-,25-21?/t14-,15+,16-,17-,18+,19-,20+,23+,24+,27+,28-/m1/s1. The summed E-state index contributed by atoms with van der Waals surface area (Å²) in [7, 11) is 0. The number of aliphatic hydroxyl groups excluding tert-OH is 1. The van der Waals surface area contributed by atoms with E-state index in [4.69, 9.17) is 4.74 Å². The molecule has 6 aliphatic rings. The summed E-state index contributed by atoms with van der Waals surface area (Å²) in [6, 6.07) is -0.651. The van der Waals surface area contributed by atoms with E-state index in [1.54, 1.807) is 12.2 Å². The van der Waals surface area contributed by atoms with Crippen LogP contribution in [0.25, 0.3) is 0 Å². The molecule has 2 saturated heterocycles. The molecule has 0 aromatic heterocycles. The topological polar surface area (TPSA) is 108 Å². The monoisotopic (exact) mass is 494 g/mol. The molecule has 0 unspecified atom stereocenters. The number of allylic oxidation sites excluding steroid dienone is 3. The number of carbonyl (C=O) groups is 3. The molecule has 7 nitrogen and oxygen atoms in total. The van der Waals surface area contributed by atoms with E-state index < -0.39 is 11.9 Å². The van der Waals surface area contributed by atoms with E-state index in [1.807, 2.05) is 12.2 Å². The lowest BCUT2D eigenvalue weighted by molar-refractivity contribution is -0.118. The molecule has 11 atom stereocenters. The van der Waals surface area contributed by atoms with Crippen LogP contribution in [-0.4, -0.2) is 47.5 Å². The Morgan fingerprint density at radius 2 is 1.83 bits per heavy atom. The summed E-state index contributed by atoms with van der Waals surface area (Å²) < 4.78 is 6.40. The minimum Gasteiger partial charge on any atom is -0.507 e. The van der Waals surface area contributed by atoms with Gasteiger partial charge < -0.3 is 20.5 Å². The third kappa shape index (κ3) is 3.85. The summed E-state index contributed by atoms with van der Waals surface area (Å²) in [5.74, 6) is 3.03. The van der Waals surface area contributed by atoms with E-state index in [-0.39, 0.29) is 28.9 Å². The third-order valence-corrected chi connectivity index (χ3v) is 10.3. The fourth-order valence-corrected chi connectivity index (χ4v) is 8.82. The van der Waals surface area contributed by atoms with Crippen LogP contribution in [0.4, 0.5) is 0 Å². The van der Waals surface area contributed by atoms with Crippen molar-refractivity contribution in [1.82, 2.24) is 10.6 Å². The Hall–Kier alpha value is -2.41. The van der Waals surface area contributed by atoms with Gasteiger partial charge in [0.2, 0.25) is 5.91 Å². The second-order valence-electron chi connectivity index (χ2n) is 12.0. The van der Waals surface area contributed by atoms with Crippen LogP contribution in [0.15, 0.2) is 35.6 Å². The molecule has 6 rings (SSSR count). The molecule has 0 radical (unpaired) electrons. The highest BCUT2D eigenvalue weighted by Crippen LogP contribution is 2.66. The lowest BCUT2D eigenvalue weighted by Gasteiger charge is -2.36. The Balaban J connectivity index is 1.32. The van der Waals surface area contributed by atoms with E-state index >= 15 is 0 Å². The second kappa shape index (κ2) is 9.16. The Labute approximate surface area is 212 Å². The molecule has 7 heteroatoms. The number of rotatable bonds is 1. The number of fused-ring (bicyclic) bond motifs is 10. The first-order chi connectivity index (χ1) is 17.4. The van der Waals surface area contributed by atoms with Crippen LogP contribution in [0.2, 0.25) is 0 Å². The van der Waals surface area contributed by atoms with Crippen molar-refractivity contribution < 1.29 is 24.2 Å². The van der Waals surface area contributed by atoms with E-state index in [0.29, 0.717) is 67.1 Å². The zero-order valence-corrected chi connectivity index (χ0v) is 21.2. The highest BCUT2D eigenvalue weighted by atomic mass is 16.6. The summed E-state index contributed by atoms with van der Waals surface area (Å²) in [4.78, 5) is 37.7. The summed E-state index contributed by atoms with van der Waals surface area (Å²) in [6.45, 7) is 5.14. The number of ether oxygens (including phenoxy) is 1. The highest BCUT2D eigenvalue weighted by Gasteiger charge is 2.67. The molecule has 2 bridgehead atoms. The summed E-state index contributed by atoms with van der Waals surface area (Å²) >= 11 is 0. The smallest absolute Gasteiger partial charge is 0.259 e. The zero-order valence-electron chi connectivity index (χ0n) is 21.2. The van der Waals surface area contributed by atoms with Gasteiger partial charge >= 0.3 is 0 Å². The van der Waals surface area contributed by atoms with Crippen LogP contribution in [-0.2, 0) is 19.1 Å². The maximum absolute atomic E-state index is 12.8. The van der Waals surface area contributed by atoms with Crippen molar-refractivity contribution in [1.29, 1.82) is 0 Å². The SMILES string of the molecule is CC[C@H]1[C@H]2[C@@H](C[C@H]1C)[C@H]1C[C@@H]3/C=C\C(O)=C4C(=O)N[C@@H](CCCNC(=O)/C=C/C[C@H]3[C@@H]1[C@H]1O[C@H]12)C4=O. The Bertz CT molecular complexity index is 1050. The Kier molecular flexibility index (Phi) is 6.09.